The van der Waals surface area contributed by atoms with Gasteiger partial charge in [0.15, 0.2) is 22.1 Å². The van der Waals surface area contributed by atoms with E-state index in [0.29, 0.717) is 38.9 Å². The first-order chi connectivity index (χ1) is 17.9. The van der Waals surface area contributed by atoms with Gasteiger partial charge < -0.3 is 18.6 Å². The lowest BCUT2D eigenvalue weighted by Crippen LogP contribution is -2.29. The summed E-state index contributed by atoms with van der Waals surface area (Å²) in [5, 5.41) is 0.854. The average Bonchev–Trinajstić information content (AvgIpc) is 3.45. The van der Waals surface area contributed by atoms with Gasteiger partial charge in [0.2, 0.25) is 11.5 Å². The minimum atomic E-state index is -0.821. The van der Waals surface area contributed by atoms with Crippen molar-refractivity contribution in [3.63, 3.8) is 0 Å². The number of rotatable bonds is 5. The second-order valence-corrected chi connectivity index (χ2v) is 9.68. The maximum Gasteiger partial charge on any atom is 0.297 e. The number of ether oxygens (including phenoxy) is 3. The molecule has 1 amide bonds. The first-order valence-electron chi connectivity index (χ1n) is 11.5. The Balaban J connectivity index is 1.66. The van der Waals surface area contributed by atoms with Crippen LogP contribution in [-0.2, 0) is 0 Å². The number of carbonyl (C=O) groups excluding carboxylic acids is 1. The lowest BCUT2D eigenvalue weighted by atomic mass is 9.98. The number of hydrogen-bond acceptors (Lipinski definition) is 8. The molecule has 0 aliphatic carbocycles. The van der Waals surface area contributed by atoms with Crippen molar-refractivity contribution in [1.29, 1.82) is 0 Å². The zero-order valence-electron chi connectivity index (χ0n) is 20.5. The van der Waals surface area contributed by atoms with Crippen molar-refractivity contribution in [3.05, 3.63) is 87.3 Å². The molecular weight excluding hydrogens is 492 g/mol. The zero-order valence-corrected chi connectivity index (χ0v) is 21.3. The molecule has 9 heteroatoms. The summed E-state index contributed by atoms with van der Waals surface area (Å²) in [6, 6.07) is 15.5. The van der Waals surface area contributed by atoms with Crippen LogP contribution in [0.1, 0.15) is 33.3 Å². The van der Waals surface area contributed by atoms with Crippen LogP contribution in [0.25, 0.3) is 21.2 Å². The number of nitrogens with zero attached hydrogens (tertiary/aromatic N) is 2. The average molecular weight is 515 g/mol. The molecule has 2 aromatic heterocycles. The summed E-state index contributed by atoms with van der Waals surface area (Å²) in [7, 11) is 4.55. The maximum atomic E-state index is 13.9. The molecule has 37 heavy (non-hydrogen) atoms. The summed E-state index contributed by atoms with van der Waals surface area (Å²) in [5.74, 6) is 0.779. The van der Waals surface area contributed by atoms with Gasteiger partial charge >= 0.3 is 0 Å². The van der Waals surface area contributed by atoms with E-state index in [1.807, 2.05) is 25.1 Å². The molecule has 0 N–H and O–H groups in total. The summed E-state index contributed by atoms with van der Waals surface area (Å²) in [6.45, 7) is 2.00. The van der Waals surface area contributed by atoms with Crippen molar-refractivity contribution in [2.24, 2.45) is 0 Å². The van der Waals surface area contributed by atoms with E-state index in [1.165, 1.54) is 37.6 Å². The van der Waals surface area contributed by atoms with Gasteiger partial charge in [-0.25, -0.2) is 4.98 Å². The predicted molar refractivity (Wildman–Crippen MR) is 142 cm³/mol. The number of thiazole rings is 1. The van der Waals surface area contributed by atoms with Crippen LogP contribution in [0.2, 0.25) is 0 Å². The van der Waals surface area contributed by atoms with Crippen LogP contribution >= 0.6 is 11.3 Å². The number of para-hydroxylation sites is 1. The highest BCUT2D eigenvalue weighted by Crippen LogP contribution is 2.47. The zero-order chi connectivity index (χ0) is 25.8. The molecule has 0 radical (unpaired) electrons. The number of methoxy groups -OCH3 is 3. The van der Waals surface area contributed by atoms with Gasteiger partial charge in [-0.15, -0.1) is 0 Å². The SMILES string of the molecule is COc1cc([C@@H]2c3c(oc4ccccc4c3=O)C(=O)N2c2nc3ccc(C)cc3s2)cc(OC)c1OC. The first-order valence-corrected chi connectivity index (χ1v) is 12.3. The molecule has 3 heterocycles. The standard InChI is InChI=1S/C28H22N2O6S/c1-14-9-10-17-21(11-14)37-28(29-17)30-23(15-12-19(33-2)25(35-4)20(13-15)34-3)22-24(31)16-7-5-6-8-18(16)36-26(22)27(30)32/h5-13,23H,1-4H3/t23-/m1/s1. The number of hydrogen-bond donors (Lipinski definition) is 0. The number of carbonyl (C=O) groups is 1. The third-order valence-electron chi connectivity index (χ3n) is 6.52. The van der Waals surface area contributed by atoms with E-state index >= 15 is 0 Å². The maximum absolute atomic E-state index is 13.9. The molecule has 0 saturated carbocycles. The Morgan fingerprint density at radius 3 is 2.38 bits per heavy atom. The van der Waals surface area contributed by atoms with Crippen LogP contribution < -0.4 is 24.5 Å². The number of aromatic nitrogens is 1. The minimum absolute atomic E-state index is 0.00196. The number of benzene rings is 3. The molecule has 1 atom stereocenters. The van der Waals surface area contributed by atoms with Crippen LogP contribution in [-0.4, -0.2) is 32.2 Å². The Morgan fingerprint density at radius 2 is 1.68 bits per heavy atom. The Bertz CT molecular complexity index is 1750. The highest BCUT2D eigenvalue weighted by atomic mass is 32.1. The van der Waals surface area contributed by atoms with Crippen molar-refractivity contribution >= 4 is 43.6 Å². The van der Waals surface area contributed by atoms with Crippen LogP contribution in [0, 0.1) is 6.92 Å². The number of fused-ring (bicyclic) bond motifs is 3. The topological polar surface area (TPSA) is 91.1 Å². The van der Waals surface area contributed by atoms with Gasteiger partial charge in [-0.2, -0.15) is 0 Å². The van der Waals surface area contributed by atoms with Crippen molar-refractivity contribution in [2.75, 3.05) is 26.2 Å². The van der Waals surface area contributed by atoms with E-state index in [9.17, 15) is 9.59 Å². The van der Waals surface area contributed by atoms with Crippen LogP contribution in [0.3, 0.4) is 0 Å². The molecule has 6 rings (SSSR count). The summed E-state index contributed by atoms with van der Waals surface area (Å²) in [4.78, 5) is 34.0. The summed E-state index contributed by atoms with van der Waals surface area (Å²) in [5.41, 5.74) is 2.77. The molecule has 8 nitrogen and oxygen atoms in total. The molecule has 1 aliphatic heterocycles. The van der Waals surface area contributed by atoms with Crippen LogP contribution in [0.15, 0.2) is 63.8 Å². The fraction of sp³-hybridized carbons (Fsp3) is 0.179. The molecule has 3 aromatic carbocycles. The van der Waals surface area contributed by atoms with E-state index in [2.05, 4.69) is 0 Å². The fourth-order valence-corrected chi connectivity index (χ4v) is 5.90. The highest BCUT2D eigenvalue weighted by molar-refractivity contribution is 7.22. The van der Waals surface area contributed by atoms with Gasteiger partial charge in [0, 0.05) is 0 Å². The van der Waals surface area contributed by atoms with Gasteiger partial charge in [0.25, 0.3) is 5.91 Å². The smallest absolute Gasteiger partial charge is 0.297 e. The molecule has 0 fully saturated rings. The predicted octanol–water partition coefficient (Wildman–Crippen LogP) is 5.49. The van der Waals surface area contributed by atoms with Gasteiger partial charge in [-0.3, -0.25) is 14.5 Å². The third kappa shape index (κ3) is 3.46. The van der Waals surface area contributed by atoms with Crippen molar-refractivity contribution in [3.8, 4) is 17.2 Å². The molecule has 0 saturated heterocycles. The Hall–Kier alpha value is -4.37. The lowest BCUT2D eigenvalue weighted by Gasteiger charge is -2.24. The van der Waals surface area contributed by atoms with E-state index in [1.54, 1.807) is 36.4 Å². The largest absolute Gasteiger partial charge is 0.493 e. The highest BCUT2D eigenvalue weighted by Gasteiger charge is 2.45. The molecular formula is C28H22N2O6S. The second-order valence-electron chi connectivity index (χ2n) is 8.67. The van der Waals surface area contributed by atoms with Crippen molar-refractivity contribution in [2.45, 2.75) is 13.0 Å². The monoisotopic (exact) mass is 514 g/mol. The fourth-order valence-electron chi connectivity index (χ4n) is 4.81. The molecule has 0 spiro atoms. The molecule has 5 aromatic rings. The van der Waals surface area contributed by atoms with Gasteiger partial charge in [0.05, 0.1) is 48.5 Å². The van der Waals surface area contributed by atoms with E-state index in [-0.39, 0.29) is 16.8 Å². The molecule has 0 bridgehead atoms. The number of aryl methyl sites for hydroxylation is 1. The van der Waals surface area contributed by atoms with E-state index in [0.717, 1.165) is 15.8 Å². The number of amides is 1. The second kappa shape index (κ2) is 8.63. The van der Waals surface area contributed by atoms with E-state index in [4.69, 9.17) is 23.6 Å². The van der Waals surface area contributed by atoms with Crippen molar-refractivity contribution < 1.29 is 23.4 Å². The first kappa shape index (κ1) is 23.1. The molecule has 1 aliphatic rings. The van der Waals surface area contributed by atoms with Crippen LogP contribution in [0.4, 0.5) is 5.13 Å². The quantitative estimate of drug-likeness (QED) is 0.306. The molecule has 0 unspecified atom stereocenters. The van der Waals surface area contributed by atoms with E-state index < -0.39 is 11.9 Å². The van der Waals surface area contributed by atoms with Gasteiger partial charge in [-0.1, -0.05) is 29.5 Å². The summed E-state index contributed by atoms with van der Waals surface area (Å²) >= 11 is 1.38. The summed E-state index contributed by atoms with van der Waals surface area (Å²) in [6.07, 6.45) is 0. The Labute approximate surface area is 215 Å². The lowest BCUT2D eigenvalue weighted by molar-refractivity contribution is 0.0971. The van der Waals surface area contributed by atoms with Crippen molar-refractivity contribution in [1.82, 2.24) is 4.98 Å². The Kier molecular flexibility index (Phi) is 5.38. The van der Waals surface area contributed by atoms with Gasteiger partial charge in [-0.05, 0) is 54.4 Å². The Morgan fingerprint density at radius 1 is 0.946 bits per heavy atom. The van der Waals surface area contributed by atoms with Gasteiger partial charge in [0.1, 0.15) is 5.58 Å². The normalized spacial score (nSPS) is 14.9. The third-order valence-corrected chi connectivity index (χ3v) is 7.54. The minimum Gasteiger partial charge on any atom is -0.493 e. The molecule has 186 valence electrons. The summed E-state index contributed by atoms with van der Waals surface area (Å²) < 4.78 is 23.6. The van der Waals surface area contributed by atoms with Crippen LogP contribution in [0.5, 0.6) is 17.2 Å². The number of anilines is 1.